The second-order valence-electron chi connectivity index (χ2n) is 6.67. The molecule has 1 aromatic heterocycles. The average Bonchev–Trinajstić information content (AvgIpc) is 3.24. The highest BCUT2D eigenvalue weighted by Gasteiger charge is 2.33. The van der Waals surface area contributed by atoms with E-state index in [9.17, 15) is 4.79 Å². The molecule has 1 amide bonds. The minimum absolute atomic E-state index is 0.0147. The van der Waals surface area contributed by atoms with Crippen molar-refractivity contribution in [2.24, 2.45) is 5.92 Å². The Hall–Kier alpha value is -2.67. The van der Waals surface area contributed by atoms with Crippen LogP contribution in [0.3, 0.4) is 0 Å². The molecule has 3 N–H and O–H groups in total. The van der Waals surface area contributed by atoms with Crippen LogP contribution in [0.4, 0.5) is 5.69 Å². The maximum Gasteiger partial charge on any atom is 0.230 e. The number of anilines is 1. The molecule has 0 saturated carbocycles. The molecular formula is C22H22N4OS. The fraction of sp³-hybridized carbons (Fsp3) is 0.182. The Morgan fingerprint density at radius 3 is 2.75 bits per heavy atom. The van der Waals surface area contributed by atoms with Crippen LogP contribution in [0.2, 0.25) is 0 Å². The number of hydrogen-bond donors (Lipinski definition) is 3. The summed E-state index contributed by atoms with van der Waals surface area (Å²) in [7, 11) is 0. The molecule has 142 valence electrons. The first-order chi connectivity index (χ1) is 13.8. The fourth-order valence-corrected chi connectivity index (χ4v) is 4.09. The highest BCUT2D eigenvalue weighted by molar-refractivity contribution is 7.98. The van der Waals surface area contributed by atoms with Gasteiger partial charge in [-0.1, -0.05) is 48.5 Å². The molecule has 0 radical (unpaired) electrons. The smallest absolute Gasteiger partial charge is 0.230 e. The van der Waals surface area contributed by atoms with Crippen molar-refractivity contribution in [3.63, 3.8) is 0 Å². The quantitative estimate of drug-likeness (QED) is 0.559. The van der Waals surface area contributed by atoms with E-state index in [0.717, 1.165) is 27.6 Å². The summed E-state index contributed by atoms with van der Waals surface area (Å²) >= 11 is 1.68. The van der Waals surface area contributed by atoms with Crippen molar-refractivity contribution in [1.82, 2.24) is 15.8 Å². The second-order valence-corrected chi connectivity index (χ2v) is 7.66. The number of nitrogens with zero attached hydrogens (tertiary/aromatic N) is 1. The van der Waals surface area contributed by atoms with E-state index in [-0.39, 0.29) is 17.9 Å². The summed E-state index contributed by atoms with van der Waals surface area (Å²) in [6.07, 6.45) is 1.80. The number of pyridine rings is 1. The second kappa shape index (κ2) is 9.01. The topological polar surface area (TPSA) is 66.0 Å². The van der Waals surface area contributed by atoms with Crippen LogP contribution in [0.15, 0.2) is 84.0 Å². The fourth-order valence-electron chi connectivity index (χ4n) is 3.28. The van der Waals surface area contributed by atoms with E-state index in [1.54, 1.807) is 18.0 Å². The highest BCUT2D eigenvalue weighted by Crippen LogP contribution is 2.27. The van der Waals surface area contributed by atoms with Gasteiger partial charge in [0.05, 0.1) is 17.0 Å². The van der Waals surface area contributed by atoms with Crippen LogP contribution in [0.5, 0.6) is 0 Å². The summed E-state index contributed by atoms with van der Waals surface area (Å²) in [6.45, 7) is 0.598. The van der Waals surface area contributed by atoms with Crippen LogP contribution in [-0.2, 0) is 10.5 Å². The molecule has 1 fully saturated rings. The molecule has 3 aromatic rings. The Labute approximate surface area is 168 Å². The van der Waals surface area contributed by atoms with Gasteiger partial charge in [0.25, 0.3) is 0 Å². The van der Waals surface area contributed by atoms with E-state index >= 15 is 0 Å². The lowest BCUT2D eigenvalue weighted by Gasteiger charge is -2.18. The molecule has 1 aliphatic heterocycles. The van der Waals surface area contributed by atoms with Gasteiger partial charge in [-0.2, -0.15) is 0 Å². The first-order valence-electron chi connectivity index (χ1n) is 9.26. The van der Waals surface area contributed by atoms with Gasteiger partial charge in [0.2, 0.25) is 5.91 Å². The zero-order chi connectivity index (χ0) is 19.2. The number of aromatic nitrogens is 1. The Morgan fingerprint density at radius 1 is 1.07 bits per heavy atom. The third-order valence-corrected chi connectivity index (χ3v) is 5.71. The molecule has 1 saturated heterocycles. The maximum atomic E-state index is 12.9. The molecule has 2 atom stereocenters. The van der Waals surface area contributed by atoms with Crippen molar-refractivity contribution in [1.29, 1.82) is 0 Å². The lowest BCUT2D eigenvalue weighted by Crippen LogP contribution is -2.29. The molecule has 2 heterocycles. The van der Waals surface area contributed by atoms with Gasteiger partial charge in [0.15, 0.2) is 0 Å². The van der Waals surface area contributed by atoms with Gasteiger partial charge in [0.1, 0.15) is 0 Å². The van der Waals surface area contributed by atoms with Gasteiger partial charge in [-0.15, -0.1) is 11.8 Å². The van der Waals surface area contributed by atoms with Crippen molar-refractivity contribution in [3.8, 4) is 0 Å². The predicted molar refractivity (Wildman–Crippen MR) is 113 cm³/mol. The largest absolute Gasteiger partial charge is 0.326 e. The molecule has 0 bridgehead atoms. The first kappa shape index (κ1) is 18.7. The minimum atomic E-state index is -0.172. The van der Waals surface area contributed by atoms with Crippen molar-refractivity contribution in [2.45, 2.75) is 16.8 Å². The molecule has 4 rings (SSSR count). The molecular weight excluding hydrogens is 368 g/mol. The number of carbonyl (C=O) groups is 1. The number of carbonyl (C=O) groups excluding carboxylic acids is 1. The van der Waals surface area contributed by atoms with E-state index in [1.165, 1.54) is 0 Å². The number of hydrogen-bond acceptors (Lipinski definition) is 5. The van der Waals surface area contributed by atoms with E-state index in [0.29, 0.717) is 6.54 Å². The number of nitrogens with one attached hydrogen (secondary N) is 3. The van der Waals surface area contributed by atoms with Crippen molar-refractivity contribution in [3.05, 3.63) is 90.1 Å². The molecule has 5 nitrogen and oxygen atoms in total. The zero-order valence-electron chi connectivity index (χ0n) is 15.3. The summed E-state index contributed by atoms with van der Waals surface area (Å²) in [5.41, 5.74) is 9.41. The first-order valence-corrected chi connectivity index (χ1v) is 10.2. The van der Waals surface area contributed by atoms with Crippen LogP contribution in [0, 0.1) is 5.92 Å². The standard InChI is InChI=1S/C22H22N4OS/c27-22(19-14-24-26-21(19)17-8-2-1-3-9-17)25-18-10-6-7-16(13-18)15-28-20-11-4-5-12-23-20/h1-13,19,21,24,26H,14-15H2,(H,25,27). The third-order valence-electron chi connectivity index (χ3n) is 4.70. The summed E-state index contributed by atoms with van der Waals surface area (Å²) in [4.78, 5) is 17.2. The monoisotopic (exact) mass is 390 g/mol. The van der Waals surface area contributed by atoms with Crippen LogP contribution in [0.1, 0.15) is 17.2 Å². The summed E-state index contributed by atoms with van der Waals surface area (Å²) in [5.74, 6) is 0.648. The number of benzene rings is 2. The van der Waals surface area contributed by atoms with E-state index in [4.69, 9.17) is 0 Å². The number of rotatable bonds is 6. The average molecular weight is 391 g/mol. The lowest BCUT2D eigenvalue weighted by atomic mass is 9.94. The molecule has 28 heavy (non-hydrogen) atoms. The zero-order valence-corrected chi connectivity index (χ0v) is 16.2. The molecule has 2 unspecified atom stereocenters. The summed E-state index contributed by atoms with van der Waals surface area (Å²) < 4.78 is 0. The summed E-state index contributed by atoms with van der Waals surface area (Å²) in [6, 6.07) is 23.9. The maximum absolute atomic E-state index is 12.9. The normalized spacial score (nSPS) is 18.7. The highest BCUT2D eigenvalue weighted by atomic mass is 32.2. The Bertz CT molecular complexity index is 920. The number of amides is 1. The Morgan fingerprint density at radius 2 is 1.93 bits per heavy atom. The number of thioether (sulfide) groups is 1. The molecule has 6 heteroatoms. The van der Waals surface area contributed by atoms with Crippen molar-refractivity contribution < 1.29 is 4.79 Å². The van der Waals surface area contributed by atoms with Gasteiger partial charge >= 0.3 is 0 Å². The Kier molecular flexibility index (Phi) is 6.01. The van der Waals surface area contributed by atoms with Gasteiger partial charge < -0.3 is 5.32 Å². The van der Waals surface area contributed by atoms with Crippen LogP contribution in [-0.4, -0.2) is 17.4 Å². The predicted octanol–water partition coefficient (Wildman–Crippen LogP) is 3.78. The van der Waals surface area contributed by atoms with Crippen molar-refractivity contribution in [2.75, 3.05) is 11.9 Å². The molecule has 0 aliphatic carbocycles. The molecule has 0 spiro atoms. The van der Waals surface area contributed by atoms with Gasteiger partial charge in [-0.25, -0.2) is 10.4 Å². The molecule has 1 aliphatic rings. The van der Waals surface area contributed by atoms with Gasteiger partial charge in [-0.05, 0) is 35.4 Å². The van der Waals surface area contributed by atoms with Gasteiger partial charge in [-0.3, -0.25) is 10.2 Å². The summed E-state index contributed by atoms with van der Waals surface area (Å²) in [5, 5.41) is 4.07. The SMILES string of the molecule is O=C(Nc1cccc(CSc2ccccn2)c1)C1CNNC1c1ccccc1. The Balaban J connectivity index is 1.40. The van der Waals surface area contributed by atoms with E-state index in [1.807, 2.05) is 66.7 Å². The van der Waals surface area contributed by atoms with E-state index in [2.05, 4.69) is 27.2 Å². The van der Waals surface area contributed by atoms with Crippen LogP contribution >= 0.6 is 11.8 Å². The van der Waals surface area contributed by atoms with Crippen LogP contribution in [0.25, 0.3) is 0 Å². The van der Waals surface area contributed by atoms with Gasteiger partial charge in [0, 0.05) is 24.2 Å². The van der Waals surface area contributed by atoms with Crippen molar-refractivity contribution >= 4 is 23.4 Å². The van der Waals surface area contributed by atoms with Crippen LogP contribution < -0.4 is 16.2 Å². The van der Waals surface area contributed by atoms with E-state index < -0.39 is 0 Å². The molecule has 2 aromatic carbocycles. The number of hydrazine groups is 1. The lowest BCUT2D eigenvalue weighted by molar-refractivity contribution is -0.119. The minimum Gasteiger partial charge on any atom is -0.326 e. The third kappa shape index (κ3) is 4.59.